The third-order valence-electron chi connectivity index (χ3n) is 5.12. The Morgan fingerprint density at radius 3 is 2.38 bits per heavy atom. The average Bonchev–Trinajstić information content (AvgIpc) is 2.62. The van der Waals surface area contributed by atoms with Gasteiger partial charge in [-0.3, -0.25) is 4.79 Å². The van der Waals surface area contributed by atoms with Crippen molar-refractivity contribution in [2.24, 2.45) is 0 Å². The number of amides is 1. The third-order valence-corrected chi connectivity index (χ3v) is 5.12. The molecule has 2 aromatic rings. The highest BCUT2D eigenvalue weighted by Gasteiger charge is 2.24. The predicted octanol–water partition coefficient (Wildman–Crippen LogP) is 4.11. The summed E-state index contributed by atoms with van der Waals surface area (Å²) in [5.74, 6) is -0.0404. The summed E-state index contributed by atoms with van der Waals surface area (Å²) >= 11 is 0. The summed E-state index contributed by atoms with van der Waals surface area (Å²) in [7, 11) is 2.37. The second-order valence-corrected chi connectivity index (χ2v) is 7.08. The molecule has 0 atom stereocenters. The summed E-state index contributed by atoms with van der Waals surface area (Å²) in [6, 6.07) is 17.6. The highest BCUT2D eigenvalue weighted by atomic mass is 16.1. The molecule has 0 spiro atoms. The number of quaternary nitrogens is 1. The maximum Gasteiger partial charge on any atom is 0.255 e. The molecule has 0 bridgehead atoms. The molecule has 1 amide bonds. The van der Waals surface area contributed by atoms with E-state index in [2.05, 4.69) is 24.5 Å². The van der Waals surface area contributed by atoms with Crippen LogP contribution in [0.25, 0.3) is 0 Å². The van der Waals surface area contributed by atoms with Gasteiger partial charge in [-0.1, -0.05) is 36.4 Å². The van der Waals surface area contributed by atoms with Crippen LogP contribution in [-0.4, -0.2) is 37.1 Å². The number of likely N-dealkylation sites (tertiary alicyclic amines) is 1. The van der Waals surface area contributed by atoms with E-state index in [9.17, 15) is 4.79 Å². The molecular formula is C21H27N2O+. The molecule has 24 heavy (non-hydrogen) atoms. The molecule has 0 aromatic heterocycles. The van der Waals surface area contributed by atoms with Crippen molar-refractivity contribution < 1.29 is 9.28 Å². The molecule has 1 fully saturated rings. The standard InChI is InChI=1S/C21H26N2O/c1-23(15-8-3-9-16-23)17-14-18-10-6-7-13-20(18)22-21(24)19-11-4-2-5-12-19/h2,4-7,10-13H,3,8-9,14-17H2,1H3/p+1. The first kappa shape index (κ1) is 16.7. The number of hydrogen-bond donors (Lipinski definition) is 1. The quantitative estimate of drug-likeness (QED) is 0.824. The number of rotatable bonds is 5. The number of piperidine rings is 1. The second-order valence-electron chi connectivity index (χ2n) is 7.08. The van der Waals surface area contributed by atoms with Crippen LogP contribution in [0.4, 0.5) is 5.69 Å². The van der Waals surface area contributed by atoms with Gasteiger partial charge in [0.25, 0.3) is 5.91 Å². The first-order valence-corrected chi connectivity index (χ1v) is 8.94. The zero-order valence-corrected chi connectivity index (χ0v) is 14.5. The highest BCUT2D eigenvalue weighted by molar-refractivity contribution is 6.04. The molecular weight excluding hydrogens is 296 g/mol. The van der Waals surface area contributed by atoms with Crippen LogP contribution in [-0.2, 0) is 6.42 Å². The van der Waals surface area contributed by atoms with Crippen LogP contribution in [0, 0.1) is 0 Å². The molecule has 3 heteroatoms. The molecule has 126 valence electrons. The fourth-order valence-electron chi connectivity index (χ4n) is 3.53. The predicted molar refractivity (Wildman–Crippen MR) is 99.2 cm³/mol. The first-order valence-electron chi connectivity index (χ1n) is 8.94. The van der Waals surface area contributed by atoms with E-state index in [0.29, 0.717) is 5.56 Å². The van der Waals surface area contributed by atoms with Crippen molar-refractivity contribution >= 4 is 11.6 Å². The van der Waals surface area contributed by atoms with Crippen molar-refractivity contribution in [2.75, 3.05) is 32.0 Å². The summed E-state index contributed by atoms with van der Waals surface area (Å²) in [4.78, 5) is 12.4. The average molecular weight is 323 g/mol. The molecule has 3 nitrogen and oxygen atoms in total. The van der Waals surface area contributed by atoms with Crippen molar-refractivity contribution in [3.05, 3.63) is 65.7 Å². The third kappa shape index (κ3) is 4.24. The van der Waals surface area contributed by atoms with Gasteiger partial charge in [-0.25, -0.2) is 0 Å². The number of carbonyl (C=O) groups is 1. The van der Waals surface area contributed by atoms with Gasteiger partial charge in [-0.2, -0.15) is 0 Å². The minimum absolute atomic E-state index is 0.0404. The fraction of sp³-hybridized carbons (Fsp3) is 0.381. The Morgan fingerprint density at radius 2 is 1.62 bits per heavy atom. The van der Waals surface area contributed by atoms with Crippen LogP contribution in [0.3, 0.4) is 0 Å². The molecule has 1 saturated heterocycles. The second kappa shape index (κ2) is 7.63. The number of benzene rings is 2. The number of nitrogens with one attached hydrogen (secondary N) is 1. The summed E-state index contributed by atoms with van der Waals surface area (Å²) in [6.45, 7) is 3.69. The van der Waals surface area contributed by atoms with Gasteiger partial charge < -0.3 is 9.80 Å². The Kier molecular flexibility index (Phi) is 5.31. The van der Waals surface area contributed by atoms with Gasteiger partial charge in [0, 0.05) is 17.7 Å². The number of para-hydroxylation sites is 1. The number of hydrogen-bond acceptors (Lipinski definition) is 1. The van der Waals surface area contributed by atoms with Gasteiger partial charge in [0.05, 0.1) is 26.7 Å². The van der Waals surface area contributed by atoms with E-state index in [1.54, 1.807) is 0 Å². The summed E-state index contributed by atoms with van der Waals surface area (Å²) < 4.78 is 1.15. The SMILES string of the molecule is C[N+]1(CCc2ccccc2NC(=O)c2ccccc2)CCCCC1. The van der Waals surface area contributed by atoms with Crippen LogP contribution >= 0.6 is 0 Å². The van der Waals surface area contributed by atoms with Crippen LogP contribution < -0.4 is 5.32 Å². The number of carbonyl (C=O) groups excluding carboxylic acids is 1. The van der Waals surface area contributed by atoms with Crippen LogP contribution in [0.15, 0.2) is 54.6 Å². The van der Waals surface area contributed by atoms with E-state index in [0.717, 1.165) is 23.1 Å². The molecule has 0 unspecified atom stereocenters. The Balaban J connectivity index is 1.68. The van der Waals surface area contributed by atoms with Crippen molar-refractivity contribution in [2.45, 2.75) is 25.7 Å². The van der Waals surface area contributed by atoms with E-state index in [1.807, 2.05) is 42.5 Å². The first-order chi connectivity index (χ1) is 11.7. The minimum atomic E-state index is -0.0404. The van der Waals surface area contributed by atoms with E-state index in [4.69, 9.17) is 0 Å². The Morgan fingerprint density at radius 1 is 0.958 bits per heavy atom. The fourth-order valence-corrected chi connectivity index (χ4v) is 3.53. The van der Waals surface area contributed by atoms with Gasteiger partial charge in [0.1, 0.15) is 0 Å². The van der Waals surface area contributed by atoms with E-state index in [-0.39, 0.29) is 5.91 Å². The monoisotopic (exact) mass is 323 g/mol. The Labute approximate surface area is 144 Å². The summed E-state index contributed by atoms with van der Waals surface area (Å²) in [5, 5.41) is 3.08. The highest BCUT2D eigenvalue weighted by Crippen LogP contribution is 2.21. The molecule has 2 aromatic carbocycles. The van der Waals surface area contributed by atoms with Gasteiger partial charge >= 0.3 is 0 Å². The molecule has 3 rings (SSSR count). The lowest BCUT2D eigenvalue weighted by atomic mass is 10.0. The molecule has 0 saturated carbocycles. The lowest BCUT2D eigenvalue weighted by Gasteiger charge is -2.38. The topological polar surface area (TPSA) is 29.1 Å². The van der Waals surface area contributed by atoms with Gasteiger partial charge in [-0.15, -0.1) is 0 Å². The molecule has 1 N–H and O–H groups in total. The van der Waals surface area contributed by atoms with Crippen molar-refractivity contribution in [3.63, 3.8) is 0 Å². The molecule has 0 aliphatic carbocycles. The van der Waals surface area contributed by atoms with E-state index < -0.39 is 0 Å². The smallest absolute Gasteiger partial charge is 0.255 e. The van der Waals surface area contributed by atoms with Crippen molar-refractivity contribution in [3.8, 4) is 0 Å². The van der Waals surface area contributed by atoms with Crippen LogP contribution in [0.1, 0.15) is 35.2 Å². The lowest BCUT2D eigenvalue weighted by Crippen LogP contribution is -2.49. The van der Waals surface area contributed by atoms with Gasteiger partial charge in [-0.05, 0) is 43.0 Å². The van der Waals surface area contributed by atoms with Gasteiger partial charge in [0.15, 0.2) is 0 Å². The molecule has 1 aliphatic rings. The largest absolute Gasteiger partial charge is 0.326 e. The maximum absolute atomic E-state index is 12.4. The molecule has 1 aliphatic heterocycles. The van der Waals surface area contributed by atoms with E-state index in [1.165, 1.54) is 37.9 Å². The van der Waals surface area contributed by atoms with E-state index >= 15 is 0 Å². The maximum atomic E-state index is 12.4. The number of likely N-dealkylation sites (N-methyl/N-ethyl adjacent to an activating group) is 1. The minimum Gasteiger partial charge on any atom is -0.326 e. The van der Waals surface area contributed by atoms with Crippen molar-refractivity contribution in [1.29, 1.82) is 0 Å². The van der Waals surface area contributed by atoms with Crippen LogP contribution in [0.2, 0.25) is 0 Å². The summed E-state index contributed by atoms with van der Waals surface area (Å²) in [6.07, 6.45) is 5.05. The zero-order chi connectivity index (χ0) is 16.8. The molecule has 0 radical (unpaired) electrons. The lowest BCUT2D eigenvalue weighted by molar-refractivity contribution is -0.913. The Bertz CT molecular complexity index is 675. The van der Waals surface area contributed by atoms with Crippen LogP contribution in [0.5, 0.6) is 0 Å². The number of anilines is 1. The normalized spacial score (nSPS) is 16.5. The van der Waals surface area contributed by atoms with Crippen molar-refractivity contribution in [1.82, 2.24) is 0 Å². The Hall–Kier alpha value is -2.13. The summed E-state index contributed by atoms with van der Waals surface area (Å²) in [5.41, 5.74) is 2.86. The number of nitrogens with zero attached hydrogens (tertiary/aromatic N) is 1. The molecule has 1 heterocycles. The zero-order valence-electron chi connectivity index (χ0n) is 14.5. The van der Waals surface area contributed by atoms with Gasteiger partial charge in [0.2, 0.25) is 0 Å².